The zero-order valence-electron chi connectivity index (χ0n) is 22.3. The van der Waals surface area contributed by atoms with Crippen LogP contribution in [0, 0.1) is 23.2 Å². The molecule has 3 rings (SSSR count). The topological polar surface area (TPSA) is 0 Å². The molecule has 3 aliphatic carbocycles. The number of hydrogen-bond acceptors (Lipinski definition) is 0. The van der Waals surface area contributed by atoms with Gasteiger partial charge < -0.3 is 0 Å². The highest BCUT2D eigenvalue weighted by atomic mass is 14.4. The lowest BCUT2D eigenvalue weighted by Gasteiger charge is -2.42. The summed E-state index contributed by atoms with van der Waals surface area (Å²) < 4.78 is 0. The first-order chi connectivity index (χ1) is 15.8. The summed E-state index contributed by atoms with van der Waals surface area (Å²) in [6.07, 6.45) is 41.2. The molecule has 32 heavy (non-hydrogen) atoms. The Kier molecular flexibility index (Phi) is 13.1. The molecule has 0 N–H and O–H groups in total. The van der Waals surface area contributed by atoms with Crippen LogP contribution in [0.15, 0.2) is 0 Å². The fourth-order valence-corrected chi connectivity index (χ4v) is 7.85. The van der Waals surface area contributed by atoms with Crippen molar-refractivity contribution in [3.63, 3.8) is 0 Å². The van der Waals surface area contributed by atoms with Crippen LogP contribution in [0.1, 0.15) is 180 Å². The van der Waals surface area contributed by atoms with Crippen molar-refractivity contribution in [2.45, 2.75) is 180 Å². The summed E-state index contributed by atoms with van der Waals surface area (Å²) in [6, 6.07) is 0. The molecular weight excluding hydrogens is 384 g/mol. The molecule has 0 spiro atoms. The van der Waals surface area contributed by atoms with E-state index in [1.807, 2.05) is 0 Å². The van der Waals surface area contributed by atoms with Crippen LogP contribution < -0.4 is 0 Å². The van der Waals surface area contributed by atoms with Crippen LogP contribution in [-0.4, -0.2) is 0 Å². The van der Waals surface area contributed by atoms with Gasteiger partial charge in [-0.3, -0.25) is 0 Å². The van der Waals surface area contributed by atoms with Crippen LogP contribution in [0.25, 0.3) is 0 Å². The van der Waals surface area contributed by atoms with Gasteiger partial charge in [-0.2, -0.15) is 0 Å². The fraction of sp³-hybridized carbons (Fsp3) is 1.00. The average Bonchev–Trinajstić information content (AvgIpc) is 2.85. The van der Waals surface area contributed by atoms with Crippen molar-refractivity contribution in [3.05, 3.63) is 0 Å². The molecule has 0 nitrogen and oxygen atoms in total. The van der Waals surface area contributed by atoms with Crippen LogP contribution in [0.4, 0.5) is 0 Å². The quantitative estimate of drug-likeness (QED) is 0.348. The maximum absolute atomic E-state index is 2.73. The Bertz CT molecular complexity index is 453. The van der Waals surface area contributed by atoms with Gasteiger partial charge in [0.15, 0.2) is 0 Å². The third-order valence-corrected chi connectivity index (χ3v) is 10.2. The third-order valence-electron chi connectivity index (χ3n) is 10.2. The largest absolute Gasteiger partial charge is 0.0594 e. The molecule has 0 aromatic heterocycles. The lowest BCUT2D eigenvalue weighted by Crippen LogP contribution is -2.31. The molecule has 0 aromatic carbocycles. The Morgan fingerprint density at radius 3 is 1.22 bits per heavy atom. The molecule has 188 valence electrons. The minimum atomic E-state index is 0.668. The summed E-state index contributed by atoms with van der Waals surface area (Å²) >= 11 is 0. The van der Waals surface area contributed by atoms with Crippen LogP contribution in [0.5, 0.6) is 0 Å². The minimum absolute atomic E-state index is 0.668. The second-order valence-corrected chi connectivity index (χ2v) is 12.9. The maximum Gasteiger partial charge on any atom is -0.0297 e. The SMILES string of the molecule is CC12CCCCC3CCCCCCCCCCCCCCCCC(CCCC1)CC2CC3. The highest BCUT2D eigenvalue weighted by molar-refractivity contribution is 4.88. The van der Waals surface area contributed by atoms with E-state index in [2.05, 4.69) is 6.92 Å². The molecule has 0 saturated heterocycles. The average molecular weight is 445 g/mol. The third kappa shape index (κ3) is 10.1. The molecule has 0 heteroatoms. The summed E-state index contributed by atoms with van der Waals surface area (Å²) in [6.45, 7) is 2.73. The van der Waals surface area contributed by atoms with Crippen molar-refractivity contribution >= 4 is 0 Å². The fourth-order valence-electron chi connectivity index (χ4n) is 7.85. The van der Waals surface area contributed by atoms with E-state index in [0.29, 0.717) is 5.41 Å². The molecule has 3 fully saturated rings. The molecule has 0 radical (unpaired) electrons. The smallest absolute Gasteiger partial charge is 0.0297 e. The number of hydrogen-bond donors (Lipinski definition) is 0. The molecule has 4 unspecified atom stereocenters. The van der Waals surface area contributed by atoms with Crippen molar-refractivity contribution in [2.24, 2.45) is 23.2 Å². The van der Waals surface area contributed by atoms with E-state index in [1.54, 1.807) is 44.9 Å². The molecule has 3 aliphatic rings. The van der Waals surface area contributed by atoms with Crippen LogP contribution >= 0.6 is 0 Å². The Labute approximate surface area is 203 Å². The van der Waals surface area contributed by atoms with Crippen LogP contribution in [0.3, 0.4) is 0 Å². The molecule has 3 saturated carbocycles. The second kappa shape index (κ2) is 15.8. The van der Waals surface area contributed by atoms with Crippen molar-refractivity contribution in [2.75, 3.05) is 0 Å². The van der Waals surface area contributed by atoms with E-state index in [4.69, 9.17) is 0 Å². The molecule has 0 aliphatic heterocycles. The molecule has 4 atom stereocenters. The molecule has 0 amide bonds. The number of rotatable bonds is 0. The van der Waals surface area contributed by atoms with E-state index in [1.165, 1.54) is 128 Å². The first kappa shape index (κ1) is 26.6. The van der Waals surface area contributed by atoms with Gasteiger partial charge in [-0.15, -0.1) is 0 Å². The highest BCUT2D eigenvalue weighted by Gasteiger charge is 2.36. The standard InChI is InChI=1S/C32H60/c1-32-26-18-16-21-29-20-14-12-10-8-6-4-2-3-5-7-9-11-13-15-22-30(23-17-19-27-32)28-31(32)25-24-29/h29-31H,2-28H2,1H3. The van der Waals surface area contributed by atoms with E-state index < -0.39 is 0 Å². The monoisotopic (exact) mass is 444 g/mol. The van der Waals surface area contributed by atoms with E-state index >= 15 is 0 Å². The molecule has 3 bridgehead atoms. The Morgan fingerprint density at radius 1 is 0.375 bits per heavy atom. The van der Waals surface area contributed by atoms with E-state index in [0.717, 1.165) is 17.8 Å². The minimum Gasteiger partial charge on any atom is -0.0594 e. The Hall–Kier alpha value is 0. The van der Waals surface area contributed by atoms with Crippen molar-refractivity contribution < 1.29 is 0 Å². The van der Waals surface area contributed by atoms with Gasteiger partial charge in [-0.05, 0) is 48.9 Å². The lowest BCUT2D eigenvalue weighted by atomic mass is 9.63. The Morgan fingerprint density at radius 2 is 0.750 bits per heavy atom. The predicted molar refractivity (Wildman–Crippen MR) is 143 cm³/mol. The first-order valence-corrected chi connectivity index (χ1v) is 15.8. The normalized spacial score (nSPS) is 36.5. The summed E-state index contributed by atoms with van der Waals surface area (Å²) in [7, 11) is 0. The van der Waals surface area contributed by atoms with Crippen molar-refractivity contribution in [1.82, 2.24) is 0 Å². The predicted octanol–water partition coefficient (Wildman–Crippen LogP) is 11.4. The van der Waals surface area contributed by atoms with Gasteiger partial charge in [0.05, 0.1) is 0 Å². The summed E-state index contributed by atoms with van der Waals surface area (Å²) in [5.74, 6) is 3.14. The van der Waals surface area contributed by atoms with E-state index in [-0.39, 0.29) is 0 Å². The van der Waals surface area contributed by atoms with Crippen molar-refractivity contribution in [1.29, 1.82) is 0 Å². The van der Waals surface area contributed by atoms with Gasteiger partial charge in [0.2, 0.25) is 0 Å². The number of fused-ring (bicyclic) bond motifs is 3. The van der Waals surface area contributed by atoms with Crippen LogP contribution in [-0.2, 0) is 0 Å². The van der Waals surface area contributed by atoms with Crippen LogP contribution in [0.2, 0.25) is 0 Å². The maximum atomic E-state index is 2.73. The summed E-state index contributed by atoms with van der Waals surface area (Å²) in [5, 5.41) is 0. The second-order valence-electron chi connectivity index (χ2n) is 12.9. The van der Waals surface area contributed by atoms with Gasteiger partial charge in [-0.25, -0.2) is 0 Å². The van der Waals surface area contributed by atoms with Gasteiger partial charge in [-0.1, -0.05) is 155 Å². The van der Waals surface area contributed by atoms with Gasteiger partial charge in [0.25, 0.3) is 0 Å². The zero-order valence-corrected chi connectivity index (χ0v) is 22.3. The van der Waals surface area contributed by atoms with Crippen molar-refractivity contribution in [3.8, 4) is 0 Å². The zero-order chi connectivity index (χ0) is 22.3. The molecular formula is C32H60. The Balaban J connectivity index is 1.56. The van der Waals surface area contributed by atoms with E-state index in [9.17, 15) is 0 Å². The van der Waals surface area contributed by atoms with Gasteiger partial charge in [0.1, 0.15) is 0 Å². The summed E-state index contributed by atoms with van der Waals surface area (Å²) in [4.78, 5) is 0. The molecule has 0 aromatic rings. The molecule has 0 heterocycles. The summed E-state index contributed by atoms with van der Waals surface area (Å²) in [5.41, 5.74) is 0.668. The lowest BCUT2D eigenvalue weighted by molar-refractivity contribution is 0.0890. The first-order valence-electron chi connectivity index (χ1n) is 15.8. The van der Waals surface area contributed by atoms with Gasteiger partial charge >= 0.3 is 0 Å². The highest BCUT2D eigenvalue weighted by Crippen LogP contribution is 2.48. The van der Waals surface area contributed by atoms with Gasteiger partial charge in [0, 0.05) is 0 Å².